The standard InChI is InChI=1S/C14H13ClO2S/c1-2-11-6-8-12(9-7-11)13-4-3-5-14(10-13)18(15,16)17/h3-10H,2H2,1H3. The molecule has 18 heavy (non-hydrogen) atoms. The van der Waals surface area contributed by atoms with E-state index in [9.17, 15) is 8.42 Å². The molecular weight excluding hydrogens is 268 g/mol. The number of aryl methyl sites for hydroxylation is 1. The van der Waals surface area contributed by atoms with Gasteiger partial charge >= 0.3 is 0 Å². The molecule has 0 N–H and O–H groups in total. The van der Waals surface area contributed by atoms with E-state index in [-0.39, 0.29) is 4.90 Å². The Labute approximate surface area is 112 Å². The van der Waals surface area contributed by atoms with Gasteiger partial charge in [0.1, 0.15) is 0 Å². The van der Waals surface area contributed by atoms with Crippen molar-refractivity contribution in [1.29, 1.82) is 0 Å². The van der Waals surface area contributed by atoms with Crippen molar-refractivity contribution >= 4 is 19.7 Å². The first kappa shape index (κ1) is 13.1. The molecule has 0 saturated carbocycles. The van der Waals surface area contributed by atoms with Crippen LogP contribution in [0.15, 0.2) is 53.4 Å². The van der Waals surface area contributed by atoms with Gasteiger partial charge in [0.25, 0.3) is 9.05 Å². The molecule has 2 aromatic rings. The van der Waals surface area contributed by atoms with E-state index < -0.39 is 9.05 Å². The van der Waals surface area contributed by atoms with E-state index in [1.165, 1.54) is 11.6 Å². The number of hydrogen-bond acceptors (Lipinski definition) is 2. The molecule has 0 bridgehead atoms. The van der Waals surface area contributed by atoms with Crippen molar-refractivity contribution in [3.8, 4) is 11.1 Å². The lowest BCUT2D eigenvalue weighted by Crippen LogP contribution is -1.90. The minimum absolute atomic E-state index is 0.126. The maximum Gasteiger partial charge on any atom is 0.261 e. The predicted molar refractivity (Wildman–Crippen MR) is 74.3 cm³/mol. The second-order valence-electron chi connectivity index (χ2n) is 4.02. The fourth-order valence-corrected chi connectivity index (χ4v) is 2.56. The number of hydrogen-bond donors (Lipinski definition) is 0. The molecule has 0 radical (unpaired) electrons. The van der Waals surface area contributed by atoms with Crippen LogP contribution in [0.4, 0.5) is 0 Å². The average molecular weight is 281 g/mol. The first-order chi connectivity index (χ1) is 8.50. The third kappa shape index (κ3) is 2.92. The summed E-state index contributed by atoms with van der Waals surface area (Å²) in [6, 6.07) is 14.7. The Bertz CT molecular complexity index is 646. The highest BCUT2D eigenvalue weighted by molar-refractivity contribution is 8.13. The Morgan fingerprint density at radius 2 is 1.67 bits per heavy atom. The van der Waals surface area contributed by atoms with Gasteiger partial charge in [-0.2, -0.15) is 0 Å². The molecule has 0 aliphatic carbocycles. The third-order valence-electron chi connectivity index (χ3n) is 2.81. The lowest BCUT2D eigenvalue weighted by Gasteiger charge is -2.04. The summed E-state index contributed by atoms with van der Waals surface area (Å²) in [5, 5.41) is 0. The molecular formula is C14H13ClO2S. The van der Waals surface area contributed by atoms with Crippen LogP contribution in [-0.2, 0) is 15.5 Å². The van der Waals surface area contributed by atoms with Crippen LogP contribution in [0.25, 0.3) is 11.1 Å². The second-order valence-corrected chi connectivity index (χ2v) is 6.58. The number of halogens is 1. The molecule has 0 spiro atoms. The van der Waals surface area contributed by atoms with Crippen LogP contribution in [0.1, 0.15) is 12.5 Å². The average Bonchev–Trinajstić information content (AvgIpc) is 2.38. The SMILES string of the molecule is CCc1ccc(-c2cccc(S(=O)(=O)Cl)c2)cc1. The normalized spacial score (nSPS) is 11.4. The van der Waals surface area contributed by atoms with Gasteiger partial charge in [-0.3, -0.25) is 0 Å². The summed E-state index contributed by atoms with van der Waals surface area (Å²) >= 11 is 0. The minimum Gasteiger partial charge on any atom is -0.207 e. The van der Waals surface area contributed by atoms with E-state index in [1.807, 2.05) is 30.3 Å². The zero-order chi connectivity index (χ0) is 13.2. The van der Waals surface area contributed by atoms with Gasteiger partial charge in [-0.25, -0.2) is 8.42 Å². The van der Waals surface area contributed by atoms with Crippen LogP contribution < -0.4 is 0 Å². The summed E-state index contributed by atoms with van der Waals surface area (Å²) in [4.78, 5) is 0.126. The molecule has 0 amide bonds. The van der Waals surface area contributed by atoms with Gasteiger partial charge in [-0.05, 0) is 35.2 Å². The van der Waals surface area contributed by atoms with Crippen molar-refractivity contribution in [3.63, 3.8) is 0 Å². The molecule has 0 aromatic heterocycles. The Morgan fingerprint density at radius 1 is 1.00 bits per heavy atom. The van der Waals surface area contributed by atoms with E-state index in [4.69, 9.17) is 10.7 Å². The molecule has 0 heterocycles. The highest BCUT2D eigenvalue weighted by atomic mass is 35.7. The lowest BCUT2D eigenvalue weighted by molar-refractivity contribution is 0.609. The Hall–Kier alpha value is -1.32. The quantitative estimate of drug-likeness (QED) is 0.801. The Balaban J connectivity index is 2.44. The molecule has 0 aliphatic rings. The van der Waals surface area contributed by atoms with Gasteiger partial charge in [0.15, 0.2) is 0 Å². The number of benzene rings is 2. The monoisotopic (exact) mass is 280 g/mol. The Morgan fingerprint density at radius 3 is 2.22 bits per heavy atom. The summed E-state index contributed by atoms with van der Waals surface area (Å²) in [6.07, 6.45) is 0.983. The van der Waals surface area contributed by atoms with Gasteiger partial charge in [-0.1, -0.05) is 43.3 Å². The smallest absolute Gasteiger partial charge is 0.207 e. The van der Waals surface area contributed by atoms with Crippen LogP contribution in [0.5, 0.6) is 0 Å². The van der Waals surface area contributed by atoms with E-state index in [2.05, 4.69) is 6.92 Å². The molecule has 2 aromatic carbocycles. The van der Waals surface area contributed by atoms with Crippen molar-refractivity contribution in [3.05, 3.63) is 54.1 Å². The van der Waals surface area contributed by atoms with Gasteiger partial charge in [0, 0.05) is 10.7 Å². The molecule has 94 valence electrons. The third-order valence-corrected chi connectivity index (χ3v) is 4.16. The largest absolute Gasteiger partial charge is 0.261 e. The predicted octanol–water partition coefficient (Wildman–Crippen LogP) is 3.84. The first-order valence-electron chi connectivity index (χ1n) is 5.65. The molecule has 2 nitrogen and oxygen atoms in total. The lowest BCUT2D eigenvalue weighted by atomic mass is 10.0. The van der Waals surface area contributed by atoms with Crippen molar-refractivity contribution in [2.24, 2.45) is 0 Å². The fraction of sp³-hybridized carbons (Fsp3) is 0.143. The molecule has 0 unspecified atom stereocenters. The molecule has 0 atom stereocenters. The van der Waals surface area contributed by atoms with Gasteiger partial charge in [0.2, 0.25) is 0 Å². The minimum atomic E-state index is -3.67. The summed E-state index contributed by atoms with van der Waals surface area (Å²) < 4.78 is 22.6. The van der Waals surface area contributed by atoms with Crippen LogP contribution in [0, 0.1) is 0 Å². The number of rotatable bonds is 3. The van der Waals surface area contributed by atoms with Crippen LogP contribution in [0.3, 0.4) is 0 Å². The van der Waals surface area contributed by atoms with E-state index in [0.717, 1.165) is 17.5 Å². The zero-order valence-corrected chi connectivity index (χ0v) is 11.5. The van der Waals surface area contributed by atoms with Crippen molar-refractivity contribution < 1.29 is 8.42 Å². The summed E-state index contributed by atoms with van der Waals surface area (Å²) in [7, 11) is 1.66. The Kier molecular flexibility index (Phi) is 3.73. The molecule has 0 fully saturated rings. The van der Waals surface area contributed by atoms with Gasteiger partial charge < -0.3 is 0 Å². The maximum atomic E-state index is 11.3. The summed E-state index contributed by atoms with van der Waals surface area (Å²) in [6.45, 7) is 2.09. The fourth-order valence-electron chi connectivity index (χ4n) is 1.76. The van der Waals surface area contributed by atoms with Crippen LogP contribution in [-0.4, -0.2) is 8.42 Å². The summed E-state index contributed by atoms with van der Waals surface area (Å²) in [5.41, 5.74) is 3.08. The van der Waals surface area contributed by atoms with Crippen molar-refractivity contribution in [1.82, 2.24) is 0 Å². The van der Waals surface area contributed by atoms with Crippen LogP contribution >= 0.6 is 10.7 Å². The van der Waals surface area contributed by atoms with Crippen LogP contribution in [0.2, 0.25) is 0 Å². The summed E-state index contributed by atoms with van der Waals surface area (Å²) in [5.74, 6) is 0. The van der Waals surface area contributed by atoms with Gasteiger partial charge in [0.05, 0.1) is 4.90 Å². The second kappa shape index (κ2) is 5.12. The highest BCUT2D eigenvalue weighted by Crippen LogP contribution is 2.24. The topological polar surface area (TPSA) is 34.1 Å². The van der Waals surface area contributed by atoms with E-state index in [1.54, 1.807) is 12.1 Å². The van der Waals surface area contributed by atoms with Crippen molar-refractivity contribution in [2.75, 3.05) is 0 Å². The molecule has 0 saturated heterocycles. The maximum absolute atomic E-state index is 11.3. The first-order valence-corrected chi connectivity index (χ1v) is 7.95. The zero-order valence-electron chi connectivity index (χ0n) is 9.93. The van der Waals surface area contributed by atoms with Crippen molar-refractivity contribution in [2.45, 2.75) is 18.2 Å². The highest BCUT2D eigenvalue weighted by Gasteiger charge is 2.10. The molecule has 2 rings (SSSR count). The molecule has 4 heteroatoms. The molecule has 0 aliphatic heterocycles. The van der Waals surface area contributed by atoms with Gasteiger partial charge in [-0.15, -0.1) is 0 Å². The van der Waals surface area contributed by atoms with E-state index in [0.29, 0.717) is 0 Å². The van der Waals surface area contributed by atoms with E-state index >= 15 is 0 Å².